The highest BCUT2D eigenvalue weighted by Crippen LogP contribution is 2.32. The van der Waals surface area contributed by atoms with Crippen LogP contribution in [0.5, 0.6) is 5.75 Å². The summed E-state index contributed by atoms with van der Waals surface area (Å²) < 4.78 is 16.7. The van der Waals surface area contributed by atoms with Gasteiger partial charge >= 0.3 is 5.97 Å². The zero-order valence-corrected chi connectivity index (χ0v) is 16.4. The number of carbonyl (C=O) groups is 1. The summed E-state index contributed by atoms with van der Waals surface area (Å²) in [5, 5.41) is 0.575. The summed E-state index contributed by atoms with van der Waals surface area (Å²) in [5.74, 6) is -0.633. The first-order valence-electron chi connectivity index (χ1n) is 8.74. The molecule has 2 aromatic heterocycles. The zero-order valence-electron chi connectivity index (χ0n) is 15.6. The minimum atomic E-state index is -0.684. The minimum absolute atomic E-state index is 0.0353. The number of nitrogens with zero attached hydrogens (tertiary/aromatic N) is 1. The van der Waals surface area contributed by atoms with E-state index >= 15 is 0 Å². The lowest BCUT2D eigenvalue weighted by atomic mass is 10.1. The topological polar surface area (TPSA) is 72.9 Å². The molecule has 146 valence electrons. The van der Waals surface area contributed by atoms with Gasteiger partial charge in [-0.05, 0) is 54.6 Å². The molecule has 0 saturated carbocycles. The number of anilines is 1. The van der Waals surface area contributed by atoms with Crippen LogP contribution in [0.3, 0.4) is 0 Å². The van der Waals surface area contributed by atoms with Crippen LogP contribution < -0.4 is 15.1 Å². The zero-order chi connectivity index (χ0) is 20.5. The number of fused-ring (bicyclic) bond motifs is 1. The molecule has 7 heteroatoms. The van der Waals surface area contributed by atoms with E-state index in [1.165, 1.54) is 12.3 Å². The summed E-state index contributed by atoms with van der Waals surface area (Å²) in [6, 6.07) is 14.7. The second kappa shape index (κ2) is 7.48. The number of rotatable bonds is 4. The van der Waals surface area contributed by atoms with Gasteiger partial charge in [0.1, 0.15) is 5.58 Å². The predicted molar refractivity (Wildman–Crippen MR) is 111 cm³/mol. The first-order valence-corrected chi connectivity index (χ1v) is 9.11. The van der Waals surface area contributed by atoms with E-state index in [-0.39, 0.29) is 22.7 Å². The fourth-order valence-electron chi connectivity index (χ4n) is 2.86. The second-order valence-corrected chi connectivity index (χ2v) is 6.97. The van der Waals surface area contributed by atoms with Gasteiger partial charge in [-0.3, -0.25) is 4.79 Å². The Morgan fingerprint density at radius 3 is 2.48 bits per heavy atom. The van der Waals surface area contributed by atoms with Crippen molar-refractivity contribution in [3.63, 3.8) is 0 Å². The molecule has 4 rings (SSSR count). The molecule has 2 heterocycles. The molecule has 0 aliphatic heterocycles. The number of halogens is 1. The molecule has 4 aromatic rings. The molecule has 0 bridgehead atoms. The number of furan rings is 1. The quantitative estimate of drug-likeness (QED) is 0.442. The van der Waals surface area contributed by atoms with Gasteiger partial charge in [-0.1, -0.05) is 11.6 Å². The van der Waals surface area contributed by atoms with Crippen molar-refractivity contribution in [2.75, 3.05) is 19.0 Å². The molecule has 0 saturated heterocycles. The summed E-state index contributed by atoms with van der Waals surface area (Å²) in [5.41, 5.74) is 1.02. The molecule has 0 N–H and O–H groups in total. The molecule has 0 aliphatic carbocycles. The third-order valence-electron chi connectivity index (χ3n) is 4.37. The van der Waals surface area contributed by atoms with Crippen molar-refractivity contribution in [2.45, 2.75) is 0 Å². The van der Waals surface area contributed by atoms with E-state index in [0.29, 0.717) is 16.2 Å². The Bertz CT molecular complexity index is 1240. The Morgan fingerprint density at radius 1 is 1.07 bits per heavy atom. The van der Waals surface area contributed by atoms with Crippen molar-refractivity contribution in [1.82, 2.24) is 0 Å². The van der Waals surface area contributed by atoms with Crippen LogP contribution in [0, 0.1) is 0 Å². The first kappa shape index (κ1) is 18.8. The molecular formula is C22H16ClNO5. The fraction of sp³-hybridized carbons (Fsp3) is 0.0909. The average Bonchev–Trinajstić information content (AvgIpc) is 3.25. The maximum absolute atomic E-state index is 13.1. The number of carbonyl (C=O) groups excluding carboxylic acids is 1. The highest BCUT2D eigenvalue weighted by molar-refractivity contribution is 6.31. The van der Waals surface area contributed by atoms with Gasteiger partial charge in [-0.15, -0.1) is 0 Å². The Morgan fingerprint density at radius 2 is 1.83 bits per heavy atom. The Balaban J connectivity index is 1.81. The van der Waals surface area contributed by atoms with Crippen molar-refractivity contribution >= 4 is 34.2 Å². The summed E-state index contributed by atoms with van der Waals surface area (Å²) in [6.07, 6.45) is 1.44. The molecule has 0 amide bonds. The molecule has 0 fully saturated rings. The highest BCUT2D eigenvalue weighted by Gasteiger charge is 2.23. The lowest BCUT2D eigenvalue weighted by Crippen LogP contribution is -2.16. The molecule has 6 nitrogen and oxygen atoms in total. The van der Waals surface area contributed by atoms with Crippen molar-refractivity contribution in [3.05, 3.63) is 81.7 Å². The molecule has 0 aliphatic rings. The lowest BCUT2D eigenvalue weighted by Gasteiger charge is -2.13. The van der Waals surface area contributed by atoms with E-state index in [4.69, 9.17) is 25.2 Å². The minimum Gasteiger partial charge on any atom is -0.461 e. The molecule has 0 radical (unpaired) electrons. The fourth-order valence-corrected chi connectivity index (χ4v) is 3.03. The first-order chi connectivity index (χ1) is 13.9. The van der Waals surface area contributed by atoms with E-state index in [1.807, 2.05) is 19.0 Å². The maximum atomic E-state index is 13.1. The summed E-state index contributed by atoms with van der Waals surface area (Å²) in [6.45, 7) is 0. The van der Waals surface area contributed by atoms with Crippen LogP contribution in [0.4, 0.5) is 5.69 Å². The number of ether oxygens (including phenoxy) is 1. The third kappa shape index (κ3) is 3.62. The van der Waals surface area contributed by atoms with Crippen LogP contribution in [-0.4, -0.2) is 20.1 Å². The van der Waals surface area contributed by atoms with Gasteiger partial charge in [-0.2, -0.15) is 0 Å². The summed E-state index contributed by atoms with van der Waals surface area (Å²) in [4.78, 5) is 27.7. The molecule has 0 atom stereocenters. The summed E-state index contributed by atoms with van der Waals surface area (Å²) in [7, 11) is 3.79. The largest absolute Gasteiger partial charge is 0.461 e. The van der Waals surface area contributed by atoms with Crippen LogP contribution in [0.1, 0.15) is 10.4 Å². The number of hydrogen-bond acceptors (Lipinski definition) is 6. The number of benzene rings is 2. The van der Waals surface area contributed by atoms with E-state index in [1.54, 1.807) is 48.5 Å². The SMILES string of the molecule is CN(C)c1ccc(C(=O)Oc2c(-c3ccco3)oc3ccc(Cl)cc3c2=O)cc1. The second-order valence-electron chi connectivity index (χ2n) is 6.54. The normalized spacial score (nSPS) is 10.9. The van der Waals surface area contributed by atoms with Crippen molar-refractivity contribution in [3.8, 4) is 17.3 Å². The van der Waals surface area contributed by atoms with Gasteiger partial charge in [0.25, 0.3) is 0 Å². The van der Waals surface area contributed by atoms with Crippen LogP contribution in [-0.2, 0) is 0 Å². The monoisotopic (exact) mass is 409 g/mol. The van der Waals surface area contributed by atoms with Crippen LogP contribution in [0.25, 0.3) is 22.5 Å². The predicted octanol–water partition coefficient (Wildman–Crippen LogP) is 4.99. The molecule has 0 unspecified atom stereocenters. The Kier molecular flexibility index (Phi) is 4.86. The van der Waals surface area contributed by atoms with Gasteiger partial charge in [0.2, 0.25) is 16.9 Å². The van der Waals surface area contributed by atoms with Gasteiger partial charge in [0, 0.05) is 24.8 Å². The lowest BCUT2D eigenvalue weighted by molar-refractivity contribution is 0.0731. The van der Waals surface area contributed by atoms with Gasteiger partial charge in [-0.25, -0.2) is 4.79 Å². The van der Waals surface area contributed by atoms with Crippen LogP contribution in [0.2, 0.25) is 5.02 Å². The maximum Gasteiger partial charge on any atom is 0.343 e. The molecule has 0 spiro atoms. The summed E-state index contributed by atoms with van der Waals surface area (Å²) >= 11 is 6.01. The van der Waals surface area contributed by atoms with Crippen molar-refractivity contribution in [1.29, 1.82) is 0 Å². The van der Waals surface area contributed by atoms with E-state index < -0.39 is 11.4 Å². The van der Waals surface area contributed by atoms with E-state index in [2.05, 4.69) is 0 Å². The molecule has 29 heavy (non-hydrogen) atoms. The number of hydrogen-bond donors (Lipinski definition) is 0. The standard InChI is InChI=1S/C22H16ClNO5/c1-24(2)15-8-5-13(6-9-15)22(26)29-21-19(25)16-12-14(23)7-10-17(16)28-20(21)18-4-3-11-27-18/h3-12H,1-2H3. The van der Waals surface area contributed by atoms with Crippen LogP contribution >= 0.6 is 11.6 Å². The Labute approximate surface area is 170 Å². The van der Waals surface area contributed by atoms with Crippen molar-refractivity contribution < 1.29 is 18.4 Å². The average molecular weight is 410 g/mol. The molecule has 2 aromatic carbocycles. The van der Waals surface area contributed by atoms with Gasteiger partial charge in [0.15, 0.2) is 5.76 Å². The molecular weight excluding hydrogens is 394 g/mol. The highest BCUT2D eigenvalue weighted by atomic mass is 35.5. The Hall–Kier alpha value is -3.51. The van der Waals surface area contributed by atoms with Gasteiger partial charge in [0.05, 0.1) is 17.2 Å². The van der Waals surface area contributed by atoms with E-state index in [0.717, 1.165) is 5.69 Å². The van der Waals surface area contributed by atoms with E-state index in [9.17, 15) is 9.59 Å². The van der Waals surface area contributed by atoms with Gasteiger partial charge < -0.3 is 18.5 Å². The smallest absolute Gasteiger partial charge is 0.343 e. The third-order valence-corrected chi connectivity index (χ3v) is 4.60. The number of esters is 1. The van der Waals surface area contributed by atoms with Crippen molar-refractivity contribution in [2.24, 2.45) is 0 Å². The van der Waals surface area contributed by atoms with Crippen LogP contribution in [0.15, 0.2) is 74.5 Å².